The van der Waals surface area contributed by atoms with Crippen molar-refractivity contribution in [3.05, 3.63) is 0 Å². The minimum Gasteiger partial charge on any atom is -0.343 e. The Hall–Kier alpha value is -0.560. The van der Waals surface area contributed by atoms with Crippen molar-refractivity contribution in [3.63, 3.8) is 0 Å². The fraction of sp³-hybridized carbons (Fsp3) is 0.875. The van der Waals surface area contributed by atoms with Crippen LogP contribution in [0.2, 0.25) is 0 Å². The normalized spacial score (nSPS) is 45.8. The summed E-state index contributed by atoms with van der Waals surface area (Å²) in [6.45, 7) is 0. The summed E-state index contributed by atoms with van der Waals surface area (Å²) in [6.07, 6.45) is 6.95. The topological polar surface area (TPSA) is 66.8 Å². The molecule has 3 aliphatic carbocycles. The fourth-order valence-electron chi connectivity index (χ4n) is 5.05. The first-order chi connectivity index (χ1) is 11.0. The Balaban J connectivity index is 1.47. The van der Waals surface area contributed by atoms with Crippen LogP contribution in [0.3, 0.4) is 0 Å². The first-order valence-corrected chi connectivity index (χ1v) is 11.5. The lowest BCUT2D eigenvalue weighted by Gasteiger charge is -2.36. The van der Waals surface area contributed by atoms with Crippen LogP contribution in [-0.4, -0.2) is 53.2 Å². The van der Waals surface area contributed by atoms with Crippen LogP contribution in [0.1, 0.15) is 38.5 Å². The Kier molecular flexibility index (Phi) is 3.19. The number of carbonyl (C=O) groups excluding carboxylic acids is 1. The number of aliphatic imine (C=N–C) groups is 1. The van der Waals surface area contributed by atoms with E-state index < -0.39 is 9.84 Å². The Bertz CT molecular complexity index is 685. The van der Waals surface area contributed by atoms with Gasteiger partial charge in [-0.2, -0.15) is 4.99 Å². The Morgan fingerprint density at radius 1 is 1.09 bits per heavy atom. The van der Waals surface area contributed by atoms with Crippen LogP contribution in [0, 0.1) is 17.8 Å². The van der Waals surface area contributed by atoms with Crippen LogP contribution in [0.15, 0.2) is 4.99 Å². The number of hydrogen-bond donors (Lipinski definition) is 0. The van der Waals surface area contributed by atoms with Crippen molar-refractivity contribution >= 4 is 32.7 Å². The number of carbonyl (C=O) groups is 1. The lowest BCUT2D eigenvalue weighted by atomic mass is 9.93. The molecule has 0 aromatic heterocycles. The smallest absolute Gasteiger partial charge is 0.251 e. The molecule has 0 N–H and O–H groups in total. The first-order valence-electron chi connectivity index (χ1n) is 8.78. The van der Waals surface area contributed by atoms with Gasteiger partial charge in [0, 0.05) is 17.2 Å². The summed E-state index contributed by atoms with van der Waals surface area (Å²) in [7, 11) is -2.94. The van der Waals surface area contributed by atoms with Crippen LogP contribution >= 0.6 is 11.8 Å². The highest BCUT2D eigenvalue weighted by atomic mass is 32.2. The third kappa shape index (κ3) is 2.46. The predicted molar refractivity (Wildman–Crippen MR) is 90.1 cm³/mol. The Labute approximate surface area is 141 Å². The van der Waals surface area contributed by atoms with Gasteiger partial charge in [0.05, 0.1) is 17.5 Å². The van der Waals surface area contributed by atoms with Crippen molar-refractivity contribution in [2.24, 2.45) is 22.7 Å². The van der Waals surface area contributed by atoms with Gasteiger partial charge in [0.2, 0.25) is 0 Å². The number of rotatable bonds is 2. The zero-order valence-corrected chi connectivity index (χ0v) is 14.7. The third-order valence-electron chi connectivity index (χ3n) is 6.30. The standard InChI is InChI=1S/C16H22N2O3S2/c19-15(10-3-4-10)17-16-18(12-6-9-1-2-11(12)5-9)13-7-23(20,21)8-14(13)22-16/h9-14H,1-8H2/t9-,11-,12-,13-,14-/m1/s1. The number of amides is 1. The SMILES string of the molecule is O=C(N=C1S[C@@H]2CS(=O)(=O)C[C@H]2N1[C@@H]1C[C@@H]2CC[C@@H]1C2)C1CC1. The van der Waals surface area contributed by atoms with E-state index in [1.807, 2.05) is 0 Å². The summed E-state index contributed by atoms with van der Waals surface area (Å²) in [5.74, 6) is 2.11. The molecule has 126 valence electrons. The number of thioether (sulfide) groups is 1. The minimum atomic E-state index is -2.94. The fourth-order valence-corrected chi connectivity index (χ4v) is 9.02. The molecule has 1 amide bonds. The van der Waals surface area contributed by atoms with E-state index in [4.69, 9.17) is 0 Å². The van der Waals surface area contributed by atoms with Gasteiger partial charge in [-0.3, -0.25) is 4.79 Å². The van der Waals surface area contributed by atoms with Gasteiger partial charge in [0.25, 0.3) is 5.91 Å². The molecule has 2 heterocycles. The van der Waals surface area contributed by atoms with Crippen LogP contribution in [0.5, 0.6) is 0 Å². The molecule has 0 spiro atoms. The van der Waals surface area contributed by atoms with E-state index in [1.54, 1.807) is 11.8 Å². The van der Waals surface area contributed by atoms with Gasteiger partial charge in [-0.05, 0) is 43.9 Å². The van der Waals surface area contributed by atoms with E-state index in [0.717, 1.165) is 30.3 Å². The van der Waals surface area contributed by atoms with Crippen molar-refractivity contribution in [1.29, 1.82) is 0 Å². The van der Waals surface area contributed by atoms with E-state index in [2.05, 4.69) is 9.89 Å². The van der Waals surface area contributed by atoms with E-state index in [0.29, 0.717) is 12.0 Å². The van der Waals surface area contributed by atoms with Gasteiger partial charge in [-0.25, -0.2) is 8.42 Å². The summed E-state index contributed by atoms with van der Waals surface area (Å²) < 4.78 is 24.1. The molecule has 0 radical (unpaired) electrons. The molecule has 2 bridgehead atoms. The molecule has 7 heteroatoms. The molecule has 5 atom stereocenters. The number of hydrogen-bond acceptors (Lipinski definition) is 4. The highest BCUT2D eigenvalue weighted by Gasteiger charge is 2.54. The zero-order valence-electron chi connectivity index (χ0n) is 13.1. The zero-order chi connectivity index (χ0) is 15.8. The summed E-state index contributed by atoms with van der Waals surface area (Å²) in [5.41, 5.74) is 0. The van der Waals surface area contributed by atoms with E-state index in [9.17, 15) is 13.2 Å². The molecule has 5 nitrogen and oxygen atoms in total. The van der Waals surface area contributed by atoms with Crippen molar-refractivity contribution in [3.8, 4) is 0 Å². The van der Waals surface area contributed by atoms with E-state index >= 15 is 0 Å². The molecule has 5 fully saturated rings. The first kappa shape index (κ1) is 14.8. The molecule has 5 aliphatic rings. The van der Waals surface area contributed by atoms with Crippen LogP contribution in [-0.2, 0) is 14.6 Å². The summed E-state index contributed by atoms with van der Waals surface area (Å²) in [5, 5.41) is 0.911. The number of amidine groups is 1. The van der Waals surface area contributed by atoms with Gasteiger partial charge in [0.1, 0.15) is 0 Å². The summed E-state index contributed by atoms with van der Waals surface area (Å²) in [4.78, 5) is 18.9. The lowest BCUT2D eigenvalue weighted by molar-refractivity contribution is -0.118. The average Bonchev–Trinajstić information content (AvgIpc) is 2.86. The quantitative estimate of drug-likeness (QED) is 0.755. The molecule has 5 rings (SSSR count). The van der Waals surface area contributed by atoms with Crippen LogP contribution in [0.4, 0.5) is 0 Å². The van der Waals surface area contributed by atoms with Gasteiger partial charge < -0.3 is 4.90 Å². The molecular formula is C16H22N2O3S2. The molecule has 2 aliphatic heterocycles. The monoisotopic (exact) mass is 354 g/mol. The maximum absolute atomic E-state index is 12.2. The highest BCUT2D eigenvalue weighted by molar-refractivity contribution is 8.15. The molecule has 23 heavy (non-hydrogen) atoms. The third-order valence-corrected chi connectivity index (χ3v) is 9.52. The molecule has 0 aromatic rings. The largest absolute Gasteiger partial charge is 0.343 e. The van der Waals surface area contributed by atoms with Crippen molar-refractivity contribution in [1.82, 2.24) is 4.90 Å². The average molecular weight is 354 g/mol. The van der Waals surface area contributed by atoms with Gasteiger partial charge in [0.15, 0.2) is 15.0 Å². The molecule has 0 unspecified atom stereocenters. The Morgan fingerprint density at radius 3 is 2.57 bits per heavy atom. The number of nitrogens with zero attached hydrogens (tertiary/aromatic N) is 2. The molecular weight excluding hydrogens is 332 g/mol. The lowest BCUT2D eigenvalue weighted by Crippen LogP contribution is -2.47. The van der Waals surface area contributed by atoms with Crippen molar-refractivity contribution < 1.29 is 13.2 Å². The second-order valence-corrected chi connectivity index (χ2v) is 11.3. The Morgan fingerprint density at radius 2 is 1.91 bits per heavy atom. The number of sulfone groups is 1. The van der Waals surface area contributed by atoms with Crippen LogP contribution < -0.4 is 0 Å². The minimum absolute atomic E-state index is 0.0171. The summed E-state index contributed by atoms with van der Waals surface area (Å²) in [6, 6.07) is 0.454. The van der Waals surface area contributed by atoms with E-state index in [1.165, 1.54) is 19.3 Å². The van der Waals surface area contributed by atoms with Gasteiger partial charge in [-0.1, -0.05) is 18.2 Å². The maximum atomic E-state index is 12.2. The van der Waals surface area contributed by atoms with Gasteiger partial charge in [-0.15, -0.1) is 0 Å². The van der Waals surface area contributed by atoms with E-state index in [-0.39, 0.29) is 34.6 Å². The van der Waals surface area contributed by atoms with Crippen LogP contribution in [0.25, 0.3) is 0 Å². The van der Waals surface area contributed by atoms with Gasteiger partial charge >= 0.3 is 0 Å². The second-order valence-electron chi connectivity index (χ2n) is 7.96. The number of fused-ring (bicyclic) bond motifs is 3. The molecule has 0 aromatic carbocycles. The summed E-state index contributed by atoms with van der Waals surface area (Å²) >= 11 is 1.56. The second kappa shape index (κ2) is 4.97. The molecule has 2 saturated heterocycles. The van der Waals surface area contributed by atoms with Crippen molar-refractivity contribution in [2.45, 2.75) is 55.9 Å². The molecule has 3 saturated carbocycles. The highest BCUT2D eigenvalue weighted by Crippen LogP contribution is 2.51. The predicted octanol–water partition coefficient (Wildman–Crippen LogP) is 1.68. The maximum Gasteiger partial charge on any atom is 0.251 e. The van der Waals surface area contributed by atoms with Crippen molar-refractivity contribution in [2.75, 3.05) is 11.5 Å².